The van der Waals surface area contributed by atoms with Crippen molar-refractivity contribution in [3.05, 3.63) is 16.1 Å². The van der Waals surface area contributed by atoms with Crippen molar-refractivity contribution < 1.29 is 9.90 Å². The molecule has 1 heterocycles. The highest BCUT2D eigenvalue weighted by Gasteiger charge is 2.25. The summed E-state index contributed by atoms with van der Waals surface area (Å²) >= 11 is 1.70. The van der Waals surface area contributed by atoms with Gasteiger partial charge < -0.3 is 5.11 Å². The van der Waals surface area contributed by atoms with Crippen LogP contribution in [0.5, 0.6) is 0 Å². The molecule has 1 fully saturated rings. The van der Waals surface area contributed by atoms with Crippen molar-refractivity contribution >= 4 is 17.3 Å². The average Bonchev–Trinajstić information content (AvgIpc) is 2.83. The second-order valence-corrected chi connectivity index (χ2v) is 5.58. The van der Waals surface area contributed by atoms with Crippen LogP contribution in [-0.4, -0.2) is 16.1 Å². The number of aliphatic carboxylic acids is 1. The van der Waals surface area contributed by atoms with Crippen molar-refractivity contribution in [2.24, 2.45) is 5.92 Å². The molecule has 0 amide bonds. The van der Waals surface area contributed by atoms with Crippen molar-refractivity contribution in [3.63, 3.8) is 0 Å². The maximum Gasteiger partial charge on any atom is 0.303 e. The number of rotatable bonds is 4. The monoisotopic (exact) mass is 239 g/mol. The van der Waals surface area contributed by atoms with Crippen molar-refractivity contribution in [2.45, 2.75) is 44.9 Å². The molecule has 0 aliphatic heterocycles. The quantitative estimate of drug-likeness (QED) is 0.878. The van der Waals surface area contributed by atoms with Gasteiger partial charge in [-0.2, -0.15) is 0 Å². The number of thiazole rings is 1. The first kappa shape index (κ1) is 11.6. The van der Waals surface area contributed by atoms with Crippen LogP contribution < -0.4 is 0 Å². The Morgan fingerprint density at radius 1 is 1.62 bits per heavy atom. The summed E-state index contributed by atoms with van der Waals surface area (Å²) in [4.78, 5) is 15.0. The second-order valence-electron chi connectivity index (χ2n) is 4.69. The molecule has 1 aromatic heterocycles. The summed E-state index contributed by atoms with van der Waals surface area (Å²) in [6.07, 6.45) is 4.53. The summed E-state index contributed by atoms with van der Waals surface area (Å²) in [5.41, 5.74) is 0.946. The van der Waals surface area contributed by atoms with Gasteiger partial charge in [0.25, 0.3) is 0 Å². The van der Waals surface area contributed by atoms with E-state index in [-0.39, 0.29) is 6.42 Å². The van der Waals surface area contributed by atoms with Crippen LogP contribution in [-0.2, 0) is 11.2 Å². The van der Waals surface area contributed by atoms with Crippen LogP contribution in [0.4, 0.5) is 0 Å². The first-order valence-electron chi connectivity index (χ1n) is 5.81. The Hall–Kier alpha value is -0.900. The van der Waals surface area contributed by atoms with E-state index in [2.05, 4.69) is 11.9 Å². The van der Waals surface area contributed by atoms with Gasteiger partial charge in [-0.15, -0.1) is 11.3 Å². The van der Waals surface area contributed by atoms with E-state index >= 15 is 0 Å². The van der Waals surface area contributed by atoms with Crippen LogP contribution in [0.15, 0.2) is 5.38 Å². The molecule has 16 heavy (non-hydrogen) atoms. The predicted molar refractivity (Wildman–Crippen MR) is 63.8 cm³/mol. The maximum absolute atomic E-state index is 10.5. The lowest BCUT2D eigenvalue weighted by atomic mass is 10.1. The van der Waals surface area contributed by atoms with Crippen LogP contribution in [0.2, 0.25) is 0 Å². The highest BCUT2D eigenvalue weighted by molar-refractivity contribution is 7.09. The number of aromatic nitrogens is 1. The van der Waals surface area contributed by atoms with E-state index in [9.17, 15) is 4.79 Å². The van der Waals surface area contributed by atoms with Crippen LogP contribution in [0.25, 0.3) is 0 Å². The molecule has 2 unspecified atom stereocenters. The fourth-order valence-electron chi connectivity index (χ4n) is 2.29. The second kappa shape index (κ2) is 4.95. The average molecular weight is 239 g/mol. The molecular formula is C12H17NO2S. The van der Waals surface area contributed by atoms with Gasteiger partial charge in [0.15, 0.2) is 0 Å². The molecule has 0 aromatic carbocycles. The number of aryl methyl sites for hydroxylation is 1. The van der Waals surface area contributed by atoms with E-state index in [0.29, 0.717) is 12.3 Å². The first-order chi connectivity index (χ1) is 7.65. The van der Waals surface area contributed by atoms with Gasteiger partial charge in [-0.05, 0) is 18.8 Å². The Labute approximate surface area is 99.5 Å². The molecule has 0 saturated heterocycles. The van der Waals surface area contributed by atoms with E-state index in [1.807, 2.05) is 5.38 Å². The largest absolute Gasteiger partial charge is 0.481 e. The molecule has 1 aliphatic carbocycles. The van der Waals surface area contributed by atoms with E-state index in [4.69, 9.17) is 5.11 Å². The fourth-order valence-corrected chi connectivity index (χ4v) is 3.30. The van der Waals surface area contributed by atoms with E-state index < -0.39 is 5.97 Å². The number of nitrogens with zero attached hydrogens (tertiary/aromatic N) is 1. The number of carboxylic acids is 1. The third-order valence-corrected chi connectivity index (χ3v) is 4.26. The van der Waals surface area contributed by atoms with Gasteiger partial charge >= 0.3 is 5.97 Å². The molecule has 0 spiro atoms. The zero-order valence-corrected chi connectivity index (χ0v) is 10.3. The van der Waals surface area contributed by atoms with Gasteiger partial charge in [0.1, 0.15) is 0 Å². The normalized spacial score (nSPS) is 24.8. The topological polar surface area (TPSA) is 50.2 Å². The minimum atomic E-state index is -0.746. The molecule has 3 nitrogen and oxygen atoms in total. The molecular weight excluding hydrogens is 222 g/mol. The zero-order chi connectivity index (χ0) is 11.5. The standard InChI is InChI=1S/C12H17NO2S/c1-8-2-3-9(6-8)12-13-10(7-16-12)4-5-11(14)15/h7-9H,2-6H2,1H3,(H,14,15). The Morgan fingerprint density at radius 2 is 2.44 bits per heavy atom. The lowest BCUT2D eigenvalue weighted by molar-refractivity contribution is -0.136. The molecule has 0 bridgehead atoms. The zero-order valence-electron chi connectivity index (χ0n) is 9.48. The van der Waals surface area contributed by atoms with Gasteiger partial charge in [0, 0.05) is 17.7 Å². The molecule has 1 aliphatic rings. The minimum Gasteiger partial charge on any atom is -0.481 e. The molecule has 1 aromatic rings. The number of hydrogen-bond acceptors (Lipinski definition) is 3. The number of carboxylic acid groups (broad SMARTS) is 1. The highest BCUT2D eigenvalue weighted by Crippen LogP contribution is 2.39. The Morgan fingerprint density at radius 3 is 3.06 bits per heavy atom. The van der Waals surface area contributed by atoms with Gasteiger partial charge in [-0.1, -0.05) is 13.3 Å². The van der Waals surface area contributed by atoms with Gasteiger partial charge in [-0.3, -0.25) is 4.79 Å². The highest BCUT2D eigenvalue weighted by atomic mass is 32.1. The lowest BCUT2D eigenvalue weighted by Gasteiger charge is -2.04. The van der Waals surface area contributed by atoms with Crippen LogP contribution in [0, 0.1) is 5.92 Å². The number of carbonyl (C=O) groups is 1. The van der Waals surface area contributed by atoms with E-state index in [1.165, 1.54) is 24.3 Å². The predicted octanol–water partition coefficient (Wildman–Crippen LogP) is 3.06. The summed E-state index contributed by atoms with van der Waals surface area (Å²) in [5, 5.41) is 11.8. The van der Waals surface area contributed by atoms with Gasteiger partial charge in [-0.25, -0.2) is 4.98 Å². The smallest absolute Gasteiger partial charge is 0.303 e. The van der Waals surface area contributed by atoms with Crippen LogP contribution >= 0.6 is 11.3 Å². The molecule has 0 radical (unpaired) electrons. The SMILES string of the molecule is CC1CCC(c2nc(CCC(=O)O)cs2)C1. The van der Waals surface area contributed by atoms with Crippen molar-refractivity contribution in [1.29, 1.82) is 0 Å². The summed E-state index contributed by atoms with van der Waals surface area (Å²) in [7, 11) is 0. The van der Waals surface area contributed by atoms with Crippen molar-refractivity contribution in [2.75, 3.05) is 0 Å². The Kier molecular flexibility index (Phi) is 3.59. The summed E-state index contributed by atoms with van der Waals surface area (Å²) in [6, 6.07) is 0. The first-order valence-corrected chi connectivity index (χ1v) is 6.69. The molecule has 2 atom stereocenters. The molecule has 1 N–H and O–H groups in total. The van der Waals surface area contributed by atoms with Crippen LogP contribution in [0.1, 0.15) is 49.2 Å². The summed E-state index contributed by atoms with van der Waals surface area (Å²) in [5.74, 6) is 0.694. The lowest BCUT2D eigenvalue weighted by Crippen LogP contribution is -1.98. The van der Waals surface area contributed by atoms with Crippen molar-refractivity contribution in [3.8, 4) is 0 Å². The fraction of sp³-hybridized carbons (Fsp3) is 0.667. The third-order valence-electron chi connectivity index (χ3n) is 3.21. The molecule has 88 valence electrons. The van der Waals surface area contributed by atoms with Crippen molar-refractivity contribution in [1.82, 2.24) is 4.98 Å². The molecule has 1 saturated carbocycles. The molecule has 2 rings (SSSR count). The summed E-state index contributed by atoms with van der Waals surface area (Å²) < 4.78 is 0. The van der Waals surface area contributed by atoms with Crippen LogP contribution in [0.3, 0.4) is 0 Å². The summed E-state index contributed by atoms with van der Waals surface area (Å²) in [6.45, 7) is 2.29. The Balaban J connectivity index is 1.94. The maximum atomic E-state index is 10.5. The number of hydrogen-bond donors (Lipinski definition) is 1. The molecule has 4 heteroatoms. The Bertz CT molecular complexity index is 375. The third kappa shape index (κ3) is 2.82. The van der Waals surface area contributed by atoms with Gasteiger partial charge in [0.2, 0.25) is 0 Å². The van der Waals surface area contributed by atoms with E-state index in [0.717, 1.165) is 11.6 Å². The minimum absolute atomic E-state index is 0.185. The van der Waals surface area contributed by atoms with E-state index in [1.54, 1.807) is 11.3 Å². The van der Waals surface area contributed by atoms with Gasteiger partial charge in [0.05, 0.1) is 17.1 Å².